The van der Waals surface area contributed by atoms with Crippen molar-refractivity contribution in [3.8, 4) is 0 Å². The first kappa shape index (κ1) is 14.7. The molecule has 0 spiro atoms. The van der Waals surface area contributed by atoms with Gasteiger partial charge in [0.15, 0.2) is 0 Å². The van der Waals surface area contributed by atoms with E-state index in [0.29, 0.717) is 5.25 Å². The van der Waals surface area contributed by atoms with Gasteiger partial charge in [0.25, 0.3) is 0 Å². The molecule has 1 aromatic rings. The van der Waals surface area contributed by atoms with Gasteiger partial charge in [-0.05, 0) is 45.2 Å². The zero-order valence-corrected chi connectivity index (χ0v) is 13.9. The molecule has 5 heteroatoms. The summed E-state index contributed by atoms with van der Waals surface area (Å²) in [5.41, 5.74) is 3.71. The van der Waals surface area contributed by atoms with Gasteiger partial charge < -0.3 is 5.32 Å². The van der Waals surface area contributed by atoms with E-state index in [9.17, 15) is 0 Å². The summed E-state index contributed by atoms with van der Waals surface area (Å²) in [6.45, 7) is 5.35. The molecule has 2 aliphatic rings. The highest BCUT2D eigenvalue weighted by atomic mass is 32.2. The Bertz CT molecular complexity index is 445. The van der Waals surface area contributed by atoms with Crippen LogP contribution in [-0.2, 0) is 6.42 Å². The minimum atomic E-state index is 0.491. The molecule has 1 saturated carbocycles. The van der Waals surface area contributed by atoms with Gasteiger partial charge in [0.2, 0.25) is 0 Å². The Labute approximate surface area is 130 Å². The molecule has 0 radical (unpaired) electrons. The summed E-state index contributed by atoms with van der Waals surface area (Å²) in [7, 11) is 0. The summed E-state index contributed by atoms with van der Waals surface area (Å²) in [6.07, 6.45) is 3.76. The third-order valence-corrected chi connectivity index (χ3v) is 6.68. The van der Waals surface area contributed by atoms with Crippen molar-refractivity contribution < 1.29 is 0 Å². The molecule has 0 amide bonds. The van der Waals surface area contributed by atoms with Crippen molar-refractivity contribution >= 4 is 23.5 Å². The van der Waals surface area contributed by atoms with E-state index in [1.165, 1.54) is 41.3 Å². The molecule has 20 heavy (non-hydrogen) atoms. The third-order valence-electron chi connectivity index (χ3n) is 3.93. The normalized spacial score (nSPS) is 23.0. The van der Waals surface area contributed by atoms with E-state index in [1.807, 2.05) is 23.5 Å². The average molecular weight is 310 g/mol. The Morgan fingerprint density at radius 3 is 2.50 bits per heavy atom. The lowest BCUT2D eigenvalue weighted by Crippen LogP contribution is -2.21. The lowest BCUT2D eigenvalue weighted by molar-refractivity contribution is 0.673. The zero-order chi connectivity index (χ0) is 13.9. The topological polar surface area (TPSA) is 37.8 Å². The number of nitrogens with one attached hydrogen (secondary N) is 1. The van der Waals surface area contributed by atoms with Crippen molar-refractivity contribution in [1.82, 2.24) is 15.3 Å². The molecule has 1 aromatic heterocycles. The Morgan fingerprint density at radius 1 is 1.15 bits per heavy atom. The van der Waals surface area contributed by atoms with E-state index in [2.05, 4.69) is 19.2 Å². The van der Waals surface area contributed by atoms with Crippen LogP contribution in [0.25, 0.3) is 0 Å². The largest absolute Gasteiger partial charge is 0.314 e. The Morgan fingerprint density at radius 2 is 1.90 bits per heavy atom. The fourth-order valence-corrected chi connectivity index (χ4v) is 5.20. The van der Waals surface area contributed by atoms with Crippen molar-refractivity contribution in [2.24, 2.45) is 0 Å². The summed E-state index contributed by atoms with van der Waals surface area (Å²) in [5, 5.41) is 4.07. The molecular weight excluding hydrogens is 286 g/mol. The van der Waals surface area contributed by atoms with E-state index >= 15 is 0 Å². The van der Waals surface area contributed by atoms with Gasteiger partial charge in [0.1, 0.15) is 5.82 Å². The fraction of sp³-hybridized carbons (Fsp3) is 0.733. The molecule has 1 saturated heterocycles. The highest BCUT2D eigenvalue weighted by Crippen LogP contribution is 2.35. The molecule has 1 N–H and O–H groups in total. The van der Waals surface area contributed by atoms with Gasteiger partial charge in [0.05, 0.1) is 5.25 Å². The first-order chi connectivity index (χ1) is 9.74. The summed E-state index contributed by atoms with van der Waals surface area (Å²) < 4.78 is 0. The van der Waals surface area contributed by atoms with Crippen LogP contribution in [0.3, 0.4) is 0 Å². The summed E-state index contributed by atoms with van der Waals surface area (Å²) in [4.78, 5) is 9.60. The Balaban J connectivity index is 1.67. The maximum Gasteiger partial charge on any atom is 0.142 e. The summed E-state index contributed by atoms with van der Waals surface area (Å²) in [6, 6.07) is 0.784. The maximum absolute atomic E-state index is 4.80. The molecule has 0 aromatic carbocycles. The number of thioether (sulfide) groups is 2. The number of aromatic nitrogens is 2. The van der Waals surface area contributed by atoms with E-state index < -0.39 is 0 Å². The molecule has 3 nitrogen and oxygen atoms in total. The number of hydrogen-bond acceptors (Lipinski definition) is 5. The average Bonchev–Trinajstić information content (AvgIpc) is 3.27. The summed E-state index contributed by atoms with van der Waals surface area (Å²) in [5.74, 6) is 4.70. The lowest BCUT2D eigenvalue weighted by atomic mass is 10.1. The van der Waals surface area contributed by atoms with E-state index in [0.717, 1.165) is 30.6 Å². The highest BCUT2D eigenvalue weighted by molar-refractivity contribution is 8.06. The van der Waals surface area contributed by atoms with Gasteiger partial charge in [-0.2, -0.15) is 11.8 Å². The van der Waals surface area contributed by atoms with E-state index in [-0.39, 0.29) is 0 Å². The molecular formula is C15H23N3S2. The fourth-order valence-electron chi connectivity index (χ4n) is 2.60. The minimum absolute atomic E-state index is 0.491. The predicted molar refractivity (Wildman–Crippen MR) is 88.8 cm³/mol. The van der Waals surface area contributed by atoms with Crippen LogP contribution < -0.4 is 5.32 Å². The molecule has 1 unspecified atom stereocenters. The van der Waals surface area contributed by atoms with E-state index in [1.54, 1.807) is 0 Å². The first-order valence-electron chi connectivity index (χ1n) is 7.51. The van der Waals surface area contributed by atoms with Crippen molar-refractivity contribution in [3.05, 3.63) is 22.8 Å². The van der Waals surface area contributed by atoms with Crippen LogP contribution in [0.2, 0.25) is 0 Å². The van der Waals surface area contributed by atoms with Crippen LogP contribution in [0.1, 0.15) is 40.9 Å². The van der Waals surface area contributed by atoms with Crippen molar-refractivity contribution in [1.29, 1.82) is 0 Å². The lowest BCUT2D eigenvalue weighted by Gasteiger charge is -2.21. The standard InChI is InChI=1S/C15H23N3S2/c1-10-13(5-6-16-12-3-4-12)11(2)18-15(17-10)14-9-19-7-8-20-14/h12,14,16H,3-9H2,1-2H3. The number of nitrogens with zero attached hydrogens (tertiary/aromatic N) is 2. The quantitative estimate of drug-likeness (QED) is 0.905. The smallest absolute Gasteiger partial charge is 0.142 e. The molecule has 2 heterocycles. The Kier molecular flexibility index (Phi) is 4.89. The molecule has 1 atom stereocenters. The molecule has 1 aliphatic heterocycles. The van der Waals surface area contributed by atoms with Gasteiger partial charge in [-0.1, -0.05) is 0 Å². The second-order valence-corrected chi connectivity index (χ2v) is 8.10. The third kappa shape index (κ3) is 3.68. The van der Waals surface area contributed by atoms with Crippen molar-refractivity contribution in [3.63, 3.8) is 0 Å². The van der Waals surface area contributed by atoms with Gasteiger partial charge in [-0.25, -0.2) is 9.97 Å². The van der Waals surface area contributed by atoms with Gasteiger partial charge >= 0.3 is 0 Å². The van der Waals surface area contributed by atoms with Gasteiger partial charge in [-0.15, -0.1) is 11.8 Å². The molecule has 110 valence electrons. The minimum Gasteiger partial charge on any atom is -0.314 e. The monoisotopic (exact) mass is 309 g/mol. The predicted octanol–water partition coefficient (Wildman–Crippen LogP) is 2.91. The number of aryl methyl sites for hydroxylation is 2. The Hall–Kier alpha value is -0.260. The van der Waals surface area contributed by atoms with Gasteiger partial charge in [0, 0.05) is 34.7 Å². The van der Waals surface area contributed by atoms with Crippen LogP contribution >= 0.6 is 23.5 Å². The SMILES string of the molecule is Cc1nc(C2CSCCS2)nc(C)c1CCNC1CC1. The molecule has 1 aliphatic carbocycles. The highest BCUT2D eigenvalue weighted by Gasteiger charge is 2.22. The molecule has 0 bridgehead atoms. The second-order valence-electron chi connectivity index (χ2n) is 5.64. The zero-order valence-electron chi connectivity index (χ0n) is 12.3. The maximum atomic E-state index is 4.80. The molecule has 3 rings (SSSR count). The van der Waals surface area contributed by atoms with Crippen LogP contribution in [0.4, 0.5) is 0 Å². The van der Waals surface area contributed by atoms with Crippen molar-refractivity contribution in [2.45, 2.75) is 44.4 Å². The van der Waals surface area contributed by atoms with Crippen LogP contribution in [0, 0.1) is 13.8 Å². The van der Waals surface area contributed by atoms with Crippen LogP contribution in [0.15, 0.2) is 0 Å². The van der Waals surface area contributed by atoms with E-state index in [4.69, 9.17) is 9.97 Å². The summed E-state index contributed by atoms with van der Waals surface area (Å²) >= 11 is 4.04. The molecule has 2 fully saturated rings. The number of rotatable bonds is 5. The number of hydrogen-bond donors (Lipinski definition) is 1. The second kappa shape index (κ2) is 6.67. The first-order valence-corrected chi connectivity index (χ1v) is 9.71. The van der Waals surface area contributed by atoms with Crippen LogP contribution in [0.5, 0.6) is 0 Å². The van der Waals surface area contributed by atoms with Gasteiger partial charge in [-0.3, -0.25) is 0 Å². The van der Waals surface area contributed by atoms with Crippen LogP contribution in [-0.4, -0.2) is 39.8 Å². The van der Waals surface area contributed by atoms with Crippen molar-refractivity contribution in [2.75, 3.05) is 23.8 Å².